The average Bonchev–Trinajstić information content (AvgIpc) is 3.38. The number of imidazole rings is 1. The first-order chi connectivity index (χ1) is 15.0. The Balaban J connectivity index is 1.32. The van der Waals surface area contributed by atoms with Crippen LogP contribution in [0.2, 0.25) is 0 Å². The second-order valence-corrected chi connectivity index (χ2v) is 7.87. The molecule has 0 atom stereocenters. The summed E-state index contributed by atoms with van der Waals surface area (Å²) in [6.07, 6.45) is 0. The molecule has 0 radical (unpaired) electrons. The number of aromatic amines is 1. The summed E-state index contributed by atoms with van der Waals surface area (Å²) < 4.78 is 10.2. The van der Waals surface area contributed by atoms with E-state index in [0.717, 1.165) is 27.5 Å². The molecule has 1 amide bonds. The van der Waals surface area contributed by atoms with Crippen LogP contribution in [-0.2, 0) is 17.0 Å². The number of furan rings is 1. The third-order valence-corrected chi connectivity index (χ3v) is 5.70. The number of hydrogen-bond donors (Lipinski definition) is 2. The lowest BCUT2D eigenvalue weighted by Gasteiger charge is -2.05. The SMILES string of the molecule is COC(=O)c1cc(CNC(=O)c2ccc(CSc3nc4ccccc4[nH]3)cc2)oc1C. The molecule has 0 aliphatic heterocycles. The van der Waals surface area contributed by atoms with Gasteiger partial charge in [0, 0.05) is 11.3 Å². The van der Waals surface area contributed by atoms with Gasteiger partial charge in [-0.25, -0.2) is 9.78 Å². The molecule has 7 nitrogen and oxygen atoms in total. The standard InChI is InChI=1S/C23H21N3O4S/c1-14-18(22(28)29-2)11-17(30-14)12-24-21(27)16-9-7-15(8-10-16)13-31-23-25-19-5-3-4-6-20(19)26-23/h3-11H,12-13H2,1-2H3,(H,24,27)(H,25,26). The number of esters is 1. The number of aryl methyl sites for hydroxylation is 1. The number of carbonyl (C=O) groups excluding carboxylic acids is 2. The van der Waals surface area contributed by atoms with Crippen molar-refractivity contribution in [2.24, 2.45) is 0 Å². The van der Waals surface area contributed by atoms with E-state index in [1.165, 1.54) is 7.11 Å². The summed E-state index contributed by atoms with van der Waals surface area (Å²) in [4.78, 5) is 31.9. The van der Waals surface area contributed by atoms with Gasteiger partial charge in [-0.1, -0.05) is 36.0 Å². The molecule has 2 N–H and O–H groups in total. The van der Waals surface area contributed by atoms with Crippen LogP contribution in [0.5, 0.6) is 0 Å². The number of methoxy groups -OCH3 is 1. The molecule has 0 aliphatic carbocycles. The van der Waals surface area contributed by atoms with E-state index in [2.05, 4.69) is 15.3 Å². The van der Waals surface area contributed by atoms with Crippen LogP contribution in [0.25, 0.3) is 11.0 Å². The smallest absolute Gasteiger partial charge is 0.341 e. The molecule has 4 rings (SSSR count). The molecular formula is C23H21N3O4S. The molecule has 4 aromatic rings. The van der Waals surface area contributed by atoms with E-state index >= 15 is 0 Å². The number of carbonyl (C=O) groups is 2. The Morgan fingerprint density at radius 1 is 1.16 bits per heavy atom. The van der Waals surface area contributed by atoms with Crippen LogP contribution in [0.15, 0.2) is 64.2 Å². The highest BCUT2D eigenvalue weighted by molar-refractivity contribution is 7.98. The normalized spacial score (nSPS) is 10.9. The van der Waals surface area contributed by atoms with Crippen molar-refractivity contribution in [2.75, 3.05) is 7.11 Å². The largest absolute Gasteiger partial charge is 0.465 e. The summed E-state index contributed by atoms with van der Waals surface area (Å²) in [5, 5.41) is 3.66. The van der Waals surface area contributed by atoms with Crippen LogP contribution < -0.4 is 5.32 Å². The minimum absolute atomic E-state index is 0.181. The maximum atomic E-state index is 12.4. The van der Waals surface area contributed by atoms with Gasteiger partial charge in [-0.2, -0.15) is 0 Å². The van der Waals surface area contributed by atoms with Crippen molar-refractivity contribution in [3.05, 3.63) is 82.8 Å². The topological polar surface area (TPSA) is 97.2 Å². The van der Waals surface area contributed by atoms with Gasteiger partial charge in [-0.05, 0) is 42.8 Å². The van der Waals surface area contributed by atoms with Crippen LogP contribution in [0.1, 0.15) is 37.8 Å². The van der Waals surface area contributed by atoms with Crippen LogP contribution in [0.3, 0.4) is 0 Å². The molecule has 0 spiro atoms. The predicted molar refractivity (Wildman–Crippen MR) is 118 cm³/mol. The fraction of sp³-hybridized carbons (Fsp3) is 0.174. The first-order valence-corrected chi connectivity index (χ1v) is 10.6. The lowest BCUT2D eigenvalue weighted by atomic mass is 10.1. The van der Waals surface area contributed by atoms with Crippen LogP contribution in [0.4, 0.5) is 0 Å². The van der Waals surface area contributed by atoms with Gasteiger partial charge in [0.05, 0.1) is 24.7 Å². The fourth-order valence-electron chi connectivity index (χ4n) is 3.11. The number of thioether (sulfide) groups is 1. The number of benzene rings is 2. The summed E-state index contributed by atoms with van der Waals surface area (Å²) in [5.74, 6) is 1.01. The minimum atomic E-state index is -0.463. The Hall–Kier alpha value is -3.52. The number of H-pyrrole nitrogens is 1. The molecule has 31 heavy (non-hydrogen) atoms. The maximum Gasteiger partial charge on any atom is 0.341 e. The number of para-hydroxylation sites is 2. The second-order valence-electron chi connectivity index (χ2n) is 6.90. The fourth-order valence-corrected chi connectivity index (χ4v) is 3.96. The number of amides is 1. The van der Waals surface area contributed by atoms with Gasteiger partial charge in [0.15, 0.2) is 5.16 Å². The Labute approximate surface area is 183 Å². The maximum absolute atomic E-state index is 12.4. The number of nitrogens with zero attached hydrogens (tertiary/aromatic N) is 1. The van der Waals surface area contributed by atoms with Gasteiger partial charge in [-0.15, -0.1) is 0 Å². The van der Waals surface area contributed by atoms with E-state index in [9.17, 15) is 9.59 Å². The third kappa shape index (κ3) is 4.80. The quantitative estimate of drug-likeness (QED) is 0.328. The van der Waals surface area contributed by atoms with Crippen LogP contribution >= 0.6 is 11.8 Å². The third-order valence-electron chi connectivity index (χ3n) is 4.76. The zero-order chi connectivity index (χ0) is 21.8. The zero-order valence-electron chi connectivity index (χ0n) is 17.1. The first kappa shape index (κ1) is 20.7. The summed E-state index contributed by atoms with van der Waals surface area (Å²) in [6, 6.07) is 16.9. The number of ether oxygens (including phenoxy) is 1. The van der Waals surface area contributed by atoms with Gasteiger partial charge in [0.25, 0.3) is 5.91 Å². The van der Waals surface area contributed by atoms with Gasteiger partial charge in [0.2, 0.25) is 0 Å². The van der Waals surface area contributed by atoms with Crippen molar-refractivity contribution in [1.82, 2.24) is 15.3 Å². The highest BCUT2D eigenvalue weighted by Gasteiger charge is 2.16. The number of nitrogens with one attached hydrogen (secondary N) is 2. The highest BCUT2D eigenvalue weighted by atomic mass is 32.2. The summed E-state index contributed by atoms with van der Waals surface area (Å²) in [7, 11) is 1.31. The Morgan fingerprint density at radius 2 is 1.94 bits per heavy atom. The summed E-state index contributed by atoms with van der Waals surface area (Å²) >= 11 is 1.61. The summed E-state index contributed by atoms with van der Waals surface area (Å²) in [6.45, 7) is 1.86. The molecular weight excluding hydrogens is 414 g/mol. The molecule has 2 heterocycles. The van der Waals surface area contributed by atoms with Crippen molar-refractivity contribution in [3.63, 3.8) is 0 Å². The molecule has 0 unspecified atom stereocenters. The summed E-state index contributed by atoms with van der Waals surface area (Å²) in [5.41, 5.74) is 3.96. The highest BCUT2D eigenvalue weighted by Crippen LogP contribution is 2.23. The van der Waals surface area contributed by atoms with Gasteiger partial charge in [-0.3, -0.25) is 4.79 Å². The van der Waals surface area contributed by atoms with E-state index in [4.69, 9.17) is 9.15 Å². The molecule has 0 saturated heterocycles. The van der Waals surface area contributed by atoms with E-state index in [1.807, 2.05) is 36.4 Å². The molecule has 158 valence electrons. The van der Waals surface area contributed by atoms with Crippen molar-refractivity contribution in [1.29, 1.82) is 0 Å². The van der Waals surface area contributed by atoms with Gasteiger partial charge < -0.3 is 19.5 Å². The van der Waals surface area contributed by atoms with Crippen molar-refractivity contribution in [2.45, 2.75) is 24.4 Å². The van der Waals surface area contributed by atoms with Crippen molar-refractivity contribution < 1.29 is 18.7 Å². The number of fused-ring (bicyclic) bond motifs is 1. The minimum Gasteiger partial charge on any atom is -0.465 e. The van der Waals surface area contributed by atoms with Crippen molar-refractivity contribution >= 4 is 34.7 Å². The number of rotatable bonds is 7. The molecule has 0 bridgehead atoms. The molecule has 2 aromatic carbocycles. The zero-order valence-corrected chi connectivity index (χ0v) is 17.9. The monoisotopic (exact) mass is 435 g/mol. The van der Waals surface area contributed by atoms with E-state index in [-0.39, 0.29) is 12.5 Å². The van der Waals surface area contributed by atoms with Crippen LogP contribution in [0, 0.1) is 6.92 Å². The molecule has 0 saturated carbocycles. The Morgan fingerprint density at radius 3 is 2.68 bits per heavy atom. The predicted octanol–water partition coefficient (Wildman–Crippen LogP) is 4.47. The van der Waals surface area contributed by atoms with E-state index < -0.39 is 5.97 Å². The Bertz CT molecular complexity index is 1190. The first-order valence-electron chi connectivity index (χ1n) is 9.66. The van der Waals surface area contributed by atoms with Crippen molar-refractivity contribution in [3.8, 4) is 0 Å². The lowest BCUT2D eigenvalue weighted by Crippen LogP contribution is -2.22. The van der Waals surface area contributed by atoms with Crippen LogP contribution in [-0.4, -0.2) is 29.0 Å². The molecule has 0 fully saturated rings. The number of hydrogen-bond acceptors (Lipinski definition) is 6. The lowest BCUT2D eigenvalue weighted by molar-refractivity contribution is 0.0598. The molecule has 0 aliphatic rings. The Kier molecular flexibility index (Phi) is 6.08. The molecule has 8 heteroatoms. The average molecular weight is 436 g/mol. The van der Waals surface area contributed by atoms with E-state index in [1.54, 1.807) is 36.9 Å². The van der Waals surface area contributed by atoms with E-state index in [0.29, 0.717) is 22.6 Å². The number of aromatic nitrogens is 2. The second kappa shape index (κ2) is 9.09. The van der Waals surface area contributed by atoms with Gasteiger partial charge in [0.1, 0.15) is 17.1 Å². The molecule has 2 aromatic heterocycles. The van der Waals surface area contributed by atoms with Gasteiger partial charge >= 0.3 is 5.97 Å².